The lowest BCUT2D eigenvalue weighted by molar-refractivity contribution is -0.171. The van der Waals surface area contributed by atoms with E-state index in [2.05, 4.69) is 0 Å². The summed E-state index contributed by atoms with van der Waals surface area (Å²) >= 11 is 0. The Morgan fingerprint density at radius 1 is 0.946 bits per heavy atom. The van der Waals surface area contributed by atoms with Gasteiger partial charge in [0.1, 0.15) is 11.5 Å². The molecule has 3 aromatic rings. The number of amides is 1. The third kappa shape index (κ3) is 4.63. The highest BCUT2D eigenvalue weighted by Crippen LogP contribution is 2.48. The molecule has 3 atom stereocenters. The second kappa shape index (κ2) is 9.50. The molecular weight excluding hydrogens is 481 g/mol. The molecule has 5 nitrogen and oxygen atoms in total. The van der Waals surface area contributed by atoms with Gasteiger partial charge >= 0.3 is 12.1 Å². The van der Waals surface area contributed by atoms with Gasteiger partial charge in [-0.05, 0) is 54.7 Å². The predicted molar refractivity (Wildman–Crippen MR) is 134 cm³/mol. The minimum atomic E-state index is -5.14. The molecule has 37 heavy (non-hydrogen) atoms. The van der Waals surface area contributed by atoms with E-state index >= 15 is 0 Å². The highest BCUT2D eigenvalue weighted by Gasteiger charge is 2.52. The summed E-state index contributed by atoms with van der Waals surface area (Å²) in [5.41, 5.74) is 3.03. The molecule has 1 aliphatic carbocycles. The number of para-hydroxylation sites is 2. The van der Waals surface area contributed by atoms with Crippen molar-refractivity contribution in [3.63, 3.8) is 0 Å². The number of hydrogen-bond donors (Lipinski definition) is 0. The van der Waals surface area contributed by atoms with Gasteiger partial charge in [-0.1, -0.05) is 54.1 Å². The fourth-order valence-corrected chi connectivity index (χ4v) is 5.29. The first-order chi connectivity index (χ1) is 17.7. The van der Waals surface area contributed by atoms with E-state index in [0.717, 1.165) is 16.0 Å². The largest absolute Gasteiger partial charge is 0.497 e. The van der Waals surface area contributed by atoms with Gasteiger partial charge in [-0.25, -0.2) is 0 Å². The van der Waals surface area contributed by atoms with Gasteiger partial charge in [0.05, 0.1) is 30.4 Å². The van der Waals surface area contributed by atoms with Crippen molar-refractivity contribution in [1.29, 1.82) is 0 Å². The number of aliphatic imine (C=N–C) groups is 1. The van der Waals surface area contributed by atoms with Gasteiger partial charge in [0.15, 0.2) is 0 Å². The van der Waals surface area contributed by atoms with Gasteiger partial charge in [-0.15, -0.1) is 0 Å². The second-order valence-electron chi connectivity index (χ2n) is 9.44. The molecular formula is C29H25F3N2O3. The molecule has 3 aromatic carbocycles. The van der Waals surface area contributed by atoms with Crippen LogP contribution in [-0.4, -0.2) is 30.7 Å². The summed E-state index contributed by atoms with van der Waals surface area (Å²) in [6.07, 6.45) is -4.62. The van der Waals surface area contributed by atoms with E-state index in [1.54, 1.807) is 49.6 Å². The lowest BCUT2D eigenvalue weighted by atomic mass is 9.72. The monoisotopic (exact) mass is 506 g/mol. The van der Waals surface area contributed by atoms with Crippen LogP contribution in [0.5, 0.6) is 5.75 Å². The molecule has 8 heteroatoms. The Balaban J connectivity index is 1.67. The van der Waals surface area contributed by atoms with Crippen molar-refractivity contribution in [3.05, 3.63) is 89.5 Å². The minimum Gasteiger partial charge on any atom is -0.497 e. The highest BCUT2D eigenvalue weighted by atomic mass is 19.4. The minimum absolute atomic E-state index is 0.0334. The first kappa shape index (κ1) is 24.7. The number of halogens is 3. The summed E-state index contributed by atoms with van der Waals surface area (Å²) in [7, 11) is 1.57. The first-order valence-corrected chi connectivity index (χ1v) is 12.0. The van der Waals surface area contributed by atoms with Crippen molar-refractivity contribution >= 4 is 28.8 Å². The van der Waals surface area contributed by atoms with Crippen molar-refractivity contribution in [1.82, 2.24) is 0 Å². The van der Waals surface area contributed by atoms with Gasteiger partial charge in [-0.3, -0.25) is 19.5 Å². The van der Waals surface area contributed by atoms with Crippen LogP contribution in [0.1, 0.15) is 41.5 Å². The number of ether oxygens (including phenoxy) is 1. The number of methoxy groups -OCH3 is 1. The quantitative estimate of drug-likeness (QED) is 0.408. The summed E-state index contributed by atoms with van der Waals surface area (Å²) in [5, 5.41) is 0. The Morgan fingerprint density at radius 2 is 1.59 bits per heavy atom. The molecule has 5 rings (SSSR count). The maximum atomic E-state index is 14.0. The number of benzene rings is 3. The van der Waals surface area contributed by atoms with Crippen molar-refractivity contribution in [2.75, 3.05) is 12.0 Å². The van der Waals surface area contributed by atoms with Gasteiger partial charge in [0.2, 0.25) is 0 Å². The van der Waals surface area contributed by atoms with Crippen molar-refractivity contribution < 1.29 is 27.5 Å². The van der Waals surface area contributed by atoms with Crippen LogP contribution in [0.2, 0.25) is 0 Å². The third-order valence-corrected chi connectivity index (χ3v) is 7.08. The number of nitrogens with zero attached hydrogens (tertiary/aromatic N) is 2. The molecule has 0 radical (unpaired) electrons. The van der Waals surface area contributed by atoms with Crippen molar-refractivity contribution in [3.8, 4) is 5.75 Å². The summed E-state index contributed by atoms with van der Waals surface area (Å²) in [6.45, 7) is 1.86. The number of hydrogen-bond acceptors (Lipinski definition) is 4. The highest BCUT2D eigenvalue weighted by molar-refractivity contribution is 6.13. The Bertz CT molecular complexity index is 1360. The third-order valence-electron chi connectivity index (χ3n) is 7.08. The fraction of sp³-hybridized carbons (Fsp3) is 0.276. The fourth-order valence-electron chi connectivity index (χ4n) is 5.29. The second-order valence-corrected chi connectivity index (χ2v) is 9.44. The normalized spacial score (nSPS) is 21.4. The number of rotatable bonds is 3. The number of anilines is 1. The van der Waals surface area contributed by atoms with Crippen LogP contribution >= 0.6 is 0 Å². The molecule has 1 aliphatic heterocycles. The van der Waals surface area contributed by atoms with E-state index in [1.807, 2.05) is 31.2 Å². The molecule has 0 N–H and O–H groups in total. The van der Waals surface area contributed by atoms with Crippen LogP contribution in [0.15, 0.2) is 77.8 Å². The molecule has 0 saturated heterocycles. The van der Waals surface area contributed by atoms with Crippen LogP contribution in [0, 0.1) is 12.8 Å². The van der Waals surface area contributed by atoms with E-state index in [-0.39, 0.29) is 29.5 Å². The predicted octanol–water partition coefficient (Wildman–Crippen LogP) is 6.49. The molecule has 1 amide bonds. The molecule has 2 aliphatic rings. The molecule has 0 bridgehead atoms. The van der Waals surface area contributed by atoms with E-state index in [0.29, 0.717) is 23.4 Å². The number of carbonyl (C=O) groups is 2. The molecule has 3 unspecified atom stereocenters. The standard InChI is InChI=1S/C29H25F3N2O3/c1-17-7-9-19(10-8-17)27-26-23(15-20(16-25(26)35)18-11-13-21(37-2)14-12-18)33-22-5-3-4-6-24(22)34(27)28(36)29(30,31)32/h3-14,20,26-27H,15-16H2,1-2H3. The Labute approximate surface area is 212 Å². The van der Waals surface area contributed by atoms with Gasteiger partial charge in [-0.2, -0.15) is 13.2 Å². The van der Waals surface area contributed by atoms with Gasteiger partial charge in [0, 0.05) is 12.1 Å². The average Bonchev–Trinajstić information content (AvgIpc) is 3.03. The molecule has 0 spiro atoms. The Hall–Kier alpha value is -3.94. The van der Waals surface area contributed by atoms with Crippen LogP contribution in [0.4, 0.5) is 24.5 Å². The summed E-state index contributed by atoms with van der Waals surface area (Å²) in [5.74, 6) is -2.78. The van der Waals surface area contributed by atoms with Crippen LogP contribution in [0.25, 0.3) is 0 Å². The number of fused-ring (bicyclic) bond motifs is 2. The van der Waals surface area contributed by atoms with E-state index in [9.17, 15) is 22.8 Å². The smallest absolute Gasteiger partial charge is 0.471 e. The Morgan fingerprint density at radius 3 is 2.24 bits per heavy atom. The van der Waals surface area contributed by atoms with E-state index < -0.39 is 24.0 Å². The zero-order valence-corrected chi connectivity index (χ0v) is 20.3. The SMILES string of the molecule is COc1ccc(C2CC(=O)C3C(=Nc4ccccc4N(C(=O)C(F)(F)F)C3c3ccc(C)cc3)C2)cc1. The van der Waals surface area contributed by atoms with Crippen LogP contribution in [0.3, 0.4) is 0 Å². The number of aryl methyl sites for hydroxylation is 1. The molecule has 0 aromatic heterocycles. The van der Waals surface area contributed by atoms with E-state index in [4.69, 9.17) is 9.73 Å². The number of carbonyl (C=O) groups excluding carboxylic acids is 2. The lowest BCUT2D eigenvalue weighted by Gasteiger charge is -2.39. The average molecular weight is 507 g/mol. The van der Waals surface area contributed by atoms with Gasteiger partial charge in [0.25, 0.3) is 0 Å². The number of ketones is 1. The summed E-state index contributed by atoms with van der Waals surface area (Å²) in [6, 6.07) is 19.4. The molecule has 1 fully saturated rings. The maximum absolute atomic E-state index is 14.0. The number of alkyl halides is 3. The summed E-state index contributed by atoms with van der Waals surface area (Å²) < 4.78 is 47.1. The lowest BCUT2D eigenvalue weighted by Crippen LogP contribution is -2.49. The van der Waals surface area contributed by atoms with Crippen LogP contribution in [-0.2, 0) is 9.59 Å². The molecule has 1 saturated carbocycles. The first-order valence-electron chi connectivity index (χ1n) is 12.0. The zero-order valence-electron chi connectivity index (χ0n) is 20.3. The zero-order chi connectivity index (χ0) is 26.3. The number of Topliss-reactive ketones (excluding diaryl/α,β-unsaturated/α-hetero) is 1. The maximum Gasteiger partial charge on any atom is 0.471 e. The Kier molecular flexibility index (Phi) is 6.35. The van der Waals surface area contributed by atoms with Gasteiger partial charge < -0.3 is 4.74 Å². The molecule has 190 valence electrons. The van der Waals surface area contributed by atoms with Crippen molar-refractivity contribution in [2.45, 2.75) is 37.9 Å². The van der Waals surface area contributed by atoms with Crippen LogP contribution < -0.4 is 9.64 Å². The molecule has 1 heterocycles. The van der Waals surface area contributed by atoms with E-state index in [1.165, 1.54) is 6.07 Å². The van der Waals surface area contributed by atoms with Crippen molar-refractivity contribution in [2.24, 2.45) is 10.9 Å². The summed E-state index contributed by atoms with van der Waals surface area (Å²) in [4.78, 5) is 32.2. The topological polar surface area (TPSA) is 59.0 Å².